The highest BCUT2D eigenvalue weighted by Crippen LogP contribution is 2.36. The minimum Gasteiger partial charge on any atom is -0.404 e. The Balaban J connectivity index is 2.33. The van der Waals surface area contributed by atoms with E-state index in [0.29, 0.717) is 6.61 Å². The topological polar surface area (TPSA) is 9.23 Å². The summed E-state index contributed by atoms with van der Waals surface area (Å²) in [6.07, 6.45) is 9.70. The van der Waals surface area contributed by atoms with E-state index < -0.39 is 8.32 Å². The van der Waals surface area contributed by atoms with Crippen molar-refractivity contribution in [2.45, 2.75) is 45.1 Å². The normalized spacial score (nSPS) is 12.4. The Kier molecular flexibility index (Phi) is 7.61. The van der Waals surface area contributed by atoms with Crippen LogP contribution in [-0.2, 0) is 4.43 Å². The Morgan fingerprint density at radius 3 is 1.85 bits per heavy atom. The Morgan fingerprint density at radius 2 is 1.38 bits per heavy atom. The minimum atomic E-state index is -2.39. The summed E-state index contributed by atoms with van der Waals surface area (Å²) < 4.78 is 6.80. The van der Waals surface area contributed by atoms with Gasteiger partial charge < -0.3 is 4.43 Å². The molecular formula is C24H32OSi. The summed E-state index contributed by atoms with van der Waals surface area (Å²) in [5.74, 6) is 0. The van der Waals surface area contributed by atoms with Crippen molar-refractivity contribution in [3.05, 3.63) is 85.5 Å². The van der Waals surface area contributed by atoms with Crippen molar-refractivity contribution in [1.82, 2.24) is 0 Å². The first kappa shape index (κ1) is 20.4. The van der Waals surface area contributed by atoms with E-state index in [0.717, 1.165) is 19.3 Å². The van der Waals surface area contributed by atoms with Crippen LogP contribution in [0.2, 0.25) is 5.04 Å². The molecule has 2 heteroatoms. The van der Waals surface area contributed by atoms with Crippen molar-refractivity contribution in [1.29, 1.82) is 0 Å². The molecule has 2 rings (SSSR count). The lowest BCUT2D eigenvalue weighted by Gasteiger charge is -2.42. The zero-order valence-corrected chi connectivity index (χ0v) is 17.4. The van der Waals surface area contributed by atoms with Gasteiger partial charge in [-0.15, -0.1) is 6.58 Å². The molecule has 0 aliphatic rings. The van der Waals surface area contributed by atoms with E-state index in [1.165, 1.54) is 10.4 Å². The van der Waals surface area contributed by atoms with Crippen molar-refractivity contribution < 1.29 is 4.43 Å². The summed E-state index contributed by atoms with van der Waals surface area (Å²) >= 11 is 0. The maximum atomic E-state index is 6.80. The minimum absolute atomic E-state index is 0.0341. The van der Waals surface area contributed by atoms with E-state index in [2.05, 4.69) is 100 Å². The smallest absolute Gasteiger partial charge is 0.261 e. The molecule has 0 aliphatic carbocycles. The molecule has 0 aliphatic heterocycles. The highest BCUT2D eigenvalue weighted by atomic mass is 28.4. The lowest BCUT2D eigenvalue weighted by Crippen LogP contribution is -2.66. The largest absolute Gasteiger partial charge is 0.404 e. The number of hydrogen-bond acceptors (Lipinski definition) is 1. The molecule has 0 saturated heterocycles. The predicted octanol–water partition coefficient (Wildman–Crippen LogP) is 5.48. The number of unbranched alkanes of at least 4 members (excludes halogenated alkanes) is 2. The molecule has 26 heavy (non-hydrogen) atoms. The van der Waals surface area contributed by atoms with Gasteiger partial charge in [-0.2, -0.15) is 0 Å². The third-order valence-electron chi connectivity index (χ3n) is 4.76. The second-order valence-corrected chi connectivity index (χ2v) is 12.0. The summed E-state index contributed by atoms with van der Waals surface area (Å²) in [5.41, 5.74) is 0. The van der Waals surface area contributed by atoms with Crippen LogP contribution in [-0.4, -0.2) is 14.9 Å². The zero-order chi connectivity index (χ0) is 18.9. The van der Waals surface area contributed by atoms with Crippen LogP contribution >= 0.6 is 0 Å². The highest BCUT2D eigenvalue weighted by Gasteiger charge is 2.49. The van der Waals surface area contributed by atoms with E-state index in [4.69, 9.17) is 4.43 Å². The molecule has 0 aromatic heterocycles. The number of allylic oxidation sites excluding steroid dienone is 2. The molecule has 138 valence electrons. The molecule has 0 amide bonds. The third kappa shape index (κ3) is 4.84. The quantitative estimate of drug-likeness (QED) is 0.325. The monoisotopic (exact) mass is 364 g/mol. The number of benzene rings is 2. The van der Waals surface area contributed by atoms with Gasteiger partial charge in [-0.1, -0.05) is 99.7 Å². The molecular weight excluding hydrogens is 332 g/mol. The van der Waals surface area contributed by atoms with Gasteiger partial charge in [0.25, 0.3) is 8.32 Å². The summed E-state index contributed by atoms with van der Waals surface area (Å²) in [6.45, 7) is 11.4. The van der Waals surface area contributed by atoms with Crippen molar-refractivity contribution in [2.75, 3.05) is 6.61 Å². The molecule has 0 atom stereocenters. The molecule has 1 nitrogen and oxygen atoms in total. The van der Waals surface area contributed by atoms with Crippen molar-refractivity contribution in [3.8, 4) is 0 Å². The molecule has 0 fully saturated rings. The molecule has 0 heterocycles. The van der Waals surface area contributed by atoms with Crippen LogP contribution < -0.4 is 10.4 Å². The van der Waals surface area contributed by atoms with E-state index in [9.17, 15) is 0 Å². The third-order valence-corrected chi connectivity index (χ3v) is 9.76. The SMILES string of the molecule is C=CCCCC=CCO[Si](c1ccccc1)(c1ccccc1)C(C)(C)C. The second-order valence-electron chi connectivity index (χ2n) is 7.67. The Morgan fingerprint density at radius 1 is 0.846 bits per heavy atom. The summed E-state index contributed by atoms with van der Waals surface area (Å²) in [7, 11) is -2.39. The first-order valence-corrected chi connectivity index (χ1v) is 11.4. The molecule has 0 spiro atoms. The van der Waals surface area contributed by atoms with Crippen LogP contribution in [0.1, 0.15) is 40.0 Å². The van der Waals surface area contributed by atoms with Crippen LogP contribution in [0.4, 0.5) is 0 Å². The Labute approximate surface area is 160 Å². The van der Waals surface area contributed by atoms with Crippen LogP contribution in [0.25, 0.3) is 0 Å². The molecule has 0 radical (unpaired) electrons. The maximum absolute atomic E-state index is 6.80. The standard InChI is InChI=1S/C24H32OSi/c1-5-6-7-8-9-16-21-25-26(24(2,3)4,22-17-12-10-13-18-22)23-19-14-11-15-20-23/h5,9-20H,1,6-8,21H2,2-4H3. The molecule has 0 unspecified atom stereocenters. The first-order valence-electron chi connectivity index (χ1n) is 9.53. The van der Waals surface area contributed by atoms with Gasteiger partial charge in [0.05, 0.1) is 6.61 Å². The average molecular weight is 365 g/mol. The Hall–Kier alpha value is -1.90. The summed E-state index contributed by atoms with van der Waals surface area (Å²) in [6, 6.07) is 21.6. The average Bonchev–Trinajstić information content (AvgIpc) is 2.64. The van der Waals surface area contributed by atoms with Gasteiger partial charge in [0.1, 0.15) is 0 Å². The van der Waals surface area contributed by atoms with Gasteiger partial charge in [0, 0.05) is 0 Å². The zero-order valence-electron chi connectivity index (χ0n) is 16.4. The number of rotatable bonds is 9. The van der Waals surface area contributed by atoms with Crippen molar-refractivity contribution in [2.24, 2.45) is 0 Å². The van der Waals surface area contributed by atoms with Gasteiger partial charge >= 0.3 is 0 Å². The van der Waals surface area contributed by atoms with Gasteiger partial charge in [-0.05, 0) is 34.7 Å². The second kappa shape index (κ2) is 9.70. The maximum Gasteiger partial charge on any atom is 0.261 e. The van der Waals surface area contributed by atoms with Crippen molar-refractivity contribution >= 4 is 18.7 Å². The summed E-state index contributed by atoms with van der Waals surface area (Å²) in [5, 5.41) is 2.70. The lowest BCUT2D eigenvalue weighted by molar-refractivity contribution is 0.339. The first-order chi connectivity index (χ1) is 12.5. The molecule has 2 aromatic rings. The van der Waals surface area contributed by atoms with E-state index in [1.54, 1.807) is 0 Å². The summed E-state index contributed by atoms with van der Waals surface area (Å²) in [4.78, 5) is 0. The molecule has 0 bridgehead atoms. The predicted molar refractivity (Wildman–Crippen MR) is 117 cm³/mol. The molecule has 0 saturated carbocycles. The fourth-order valence-electron chi connectivity index (χ4n) is 3.50. The van der Waals surface area contributed by atoms with Crippen LogP contribution in [0.3, 0.4) is 0 Å². The van der Waals surface area contributed by atoms with Crippen LogP contribution in [0, 0.1) is 0 Å². The van der Waals surface area contributed by atoms with E-state index in [-0.39, 0.29) is 5.04 Å². The molecule has 2 aromatic carbocycles. The highest BCUT2D eigenvalue weighted by molar-refractivity contribution is 6.99. The van der Waals surface area contributed by atoms with Crippen molar-refractivity contribution in [3.63, 3.8) is 0 Å². The van der Waals surface area contributed by atoms with Gasteiger partial charge in [0.15, 0.2) is 0 Å². The van der Waals surface area contributed by atoms with Crippen LogP contribution in [0.15, 0.2) is 85.5 Å². The molecule has 0 N–H and O–H groups in total. The van der Waals surface area contributed by atoms with Gasteiger partial charge in [-0.3, -0.25) is 0 Å². The fraction of sp³-hybridized carbons (Fsp3) is 0.333. The van der Waals surface area contributed by atoms with E-state index >= 15 is 0 Å². The lowest BCUT2D eigenvalue weighted by atomic mass is 10.2. The van der Waals surface area contributed by atoms with Gasteiger partial charge in [-0.25, -0.2) is 0 Å². The Bertz CT molecular complexity index is 644. The van der Waals surface area contributed by atoms with E-state index in [1.807, 2.05) is 6.08 Å². The fourth-order valence-corrected chi connectivity index (χ4v) is 8.00. The number of hydrogen-bond donors (Lipinski definition) is 0. The van der Waals surface area contributed by atoms with Crippen LogP contribution in [0.5, 0.6) is 0 Å². The van der Waals surface area contributed by atoms with Gasteiger partial charge in [0.2, 0.25) is 0 Å².